The van der Waals surface area contributed by atoms with Gasteiger partial charge in [-0.25, -0.2) is 4.79 Å². The maximum absolute atomic E-state index is 12.4. The summed E-state index contributed by atoms with van der Waals surface area (Å²) < 4.78 is 10.5. The largest absolute Gasteiger partial charge is 0.481 e. The summed E-state index contributed by atoms with van der Waals surface area (Å²) in [5.41, 5.74) is 2.78. The van der Waals surface area contributed by atoms with Gasteiger partial charge in [0.15, 0.2) is 6.61 Å². The number of hydrogen-bond acceptors (Lipinski definition) is 5. The molecule has 0 aliphatic carbocycles. The number of H-pyrrole nitrogens is 1. The van der Waals surface area contributed by atoms with Crippen LogP contribution in [0, 0.1) is 11.3 Å². The fourth-order valence-corrected chi connectivity index (χ4v) is 3.49. The van der Waals surface area contributed by atoms with Gasteiger partial charge in [-0.3, -0.25) is 4.79 Å². The molecule has 3 aromatic rings. The monoisotopic (exact) mass is 481 g/mol. The predicted octanol–water partition coefficient (Wildman–Crippen LogP) is 3.75. The zero-order chi connectivity index (χ0) is 22.2. The third-order valence-electron chi connectivity index (χ3n) is 4.56. The molecule has 31 heavy (non-hydrogen) atoms. The van der Waals surface area contributed by atoms with Gasteiger partial charge in [0.05, 0.1) is 11.6 Å². The number of ether oxygens (including phenoxy) is 2. The Morgan fingerprint density at radius 3 is 2.81 bits per heavy atom. The van der Waals surface area contributed by atoms with E-state index >= 15 is 0 Å². The zero-order valence-corrected chi connectivity index (χ0v) is 18.4. The van der Waals surface area contributed by atoms with Crippen molar-refractivity contribution in [3.8, 4) is 11.8 Å². The number of aromatic amines is 1. The topological polar surface area (TPSA) is 104 Å². The van der Waals surface area contributed by atoms with Gasteiger partial charge in [0.2, 0.25) is 0 Å². The summed E-state index contributed by atoms with van der Waals surface area (Å²) in [6.07, 6.45) is 4.07. The molecule has 0 aliphatic heterocycles. The highest BCUT2D eigenvalue weighted by Crippen LogP contribution is 2.27. The average Bonchev–Trinajstić information content (AvgIpc) is 3.19. The lowest BCUT2D eigenvalue weighted by molar-refractivity contribution is -0.142. The van der Waals surface area contributed by atoms with E-state index in [9.17, 15) is 14.9 Å². The molecule has 158 valence electrons. The fourth-order valence-electron chi connectivity index (χ4n) is 2.98. The molecule has 1 amide bonds. The van der Waals surface area contributed by atoms with Crippen LogP contribution in [0.25, 0.3) is 17.0 Å². The first-order chi connectivity index (χ1) is 15.0. The molecule has 3 rings (SSSR count). The number of esters is 1. The first kappa shape index (κ1) is 22.1. The third-order valence-corrected chi connectivity index (χ3v) is 5.18. The molecular formula is C23H20BrN3O4. The van der Waals surface area contributed by atoms with E-state index in [1.54, 1.807) is 18.2 Å². The van der Waals surface area contributed by atoms with Gasteiger partial charge in [-0.2, -0.15) is 5.26 Å². The number of amides is 1. The van der Waals surface area contributed by atoms with Crippen LogP contribution >= 0.6 is 15.9 Å². The van der Waals surface area contributed by atoms with E-state index in [4.69, 9.17) is 4.74 Å². The van der Waals surface area contributed by atoms with Crippen molar-refractivity contribution in [1.29, 1.82) is 5.26 Å². The molecule has 1 heterocycles. The Balaban J connectivity index is 1.61. The van der Waals surface area contributed by atoms with Gasteiger partial charge in [0.1, 0.15) is 17.4 Å². The van der Waals surface area contributed by atoms with Crippen LogP contribution in [0.2, 0.25) is 0 Å². The molecule has 7 nitrogen and oxygen atoms in total. The summed E-state index contributed by atoms with van der Waals surface area (Å²) in [6.45, 7) is 0.191. The van der Waals surface area contributed by atoms with E-state index in [1.165, 1.54) is 13.2 Å². The summed E-state index contributed by atoms with van der Waals surface area (Å²) >= 11 is 3.36. The lowest BCUT2D eigenvalue weighted by Gasteiger charge is -2.08. The molecule has 0 aliphatic rings. The van der Waals surface area contributed by atoms with Crippen LogP contribution in [0.15, 0.2) is 58.7 Å². The number of para-hydroxylation sites is 1. The van der Waals surface area contributed by atoms with E-state index in [2.05, 4.69) is 31.0 Å². The molecule has 0 unspecified atom stereocenters. The summed E-state index contributed by atoms with van der Waals surface area (Å²) in [5.74, 6) is -0.485. The smallest absolute Gasteiger partial charge is 0.343 e. The van der Waals surface area contributed by atoms with Crippen LogP contribution in [-0.2, 0) is 20.7 Å². The second-order valence-corrected chi connectivity index (χ2v) is 7.44. The van der Waals surface area contributed by atoms with Crippen molar-refractivity contribution >= 4 is 44.8 Å². The maximum atomic E-state index is 12.4. The van der Waals surface area contributed by atoms with Crippen LogP contribution in [0.4, 0.5) is 0 Å². The number of halogens is 1. The summed E-state index contributed by atoms with van der Waals surface area (Å²) in [6, 6.07) is 14.9. The standard InChI is InChI=1S/C23H20BrN3O4/c1-30-22(28)14-31-21-7-6-15(11-19(21)24)10-17(12-25)23(29)26-9-8-16-13-27-20-5-3-2-4-18(16)20/h2-7,10-11,13,27H,8-9,14H2,1H3,(H,26,29)/b17-10-. The highest BCUT2D eigenvalue weighted by molar-refractivity contribution is 9.10. The molecule has 0 radical (unpaired) electrons. The number of aromatic nitrogens is 1. The molecule has 0 fully saturated rings. The van der Waals surface area contributed by atoms with Crippen LogP contribution in [0.1, 0.15) is 11.1 Å². The Morgan fingerprint density at radius 2 is 2.06 bits per heavy atom. The first-order valence-corrected chi connectivity index (χ1v) is 10.2. The minimum Gasteiger partial charge on any atom is -0.481 e. The lowest BCUT2D eigenvalue weighted by atomic mass is 10.1. The van der Waals surface area contributed by atoms with Gasteiger partial charge in [0.25, 0.3) is 5.91 Å². The second kappa shape index (κ2) is 10.5. The van der Waals surface area contributed by atoms with E-state index in [0.717, 1.165) is 16.5 Å². The van der Waals surface area contributed by atoms with E-state index < -0.39 is 11.9 Å². The molecular weight excluding hydrogens is 462 g/mol. The zero-order valence-electron chi connectivity index (χ0n) is 16.8. The van der Waals surface area contributed by atoms with Crippen LogP contribution in [-0.4, -0.2) is 37.1 Å². The number of nitrogens with one attached hydrogen (secondary N) is 2. The van der Waals surface area contributed by atoms with Crippen molar-refractivity contribution in [3.63, 3.8) is 0 Å². The highest BCUT2D eigenvalue weighted by atomic mass is 79.9. The van der Waals surface area contributed by atoms with Crippen molar-refractivity contribution in [2.45, 2.75) is 6.42 Å². The van der Waals surface area contributed by atoms with Crippen LogP contribution in [0.5, 0.6) is 5.75 Å². The Bertz CT molecular complexity index is 1180. The molecule has 0 saturated heterocycles. The molecule has 8 heteroatoms. The number of hydrogen-bond donors (Lipinski definition) is 2. The SMILES string of the molecule is COC(=O)COc1ccc(/C=C(/C#N)C(=O)NCCc2c[nH]c3ccccc23)cc1Br. The number of benzene rings is 2. The molecule has 0 saturated carbocycles. The summed E-state index contributed by atoms with van der Waals surface area (Å²) in [7, 11) is 1.28. The number of carbonyl (C=O) groups is 2. The van der Waals surface area contributed by atoms with Crippen LogP contribution in [0.3, 0.4) is 0 Å². The van der Waals surface area contributed by atoms with Gasteiger partial charge in [-0.15, -0.1) is 0 Å². The molecule has 2 aromatic carbocycles. The Morgan fingerprint density at radius 1 is 1.26 bits per heavy atom. The van der Waals surface area contributed by atoms with Gasteiger partial charge in [-0.05, 0) is 57.8 Å². The number of carbonyl (C=O) groups excluding carboxylic acids is 2. The number of fused-ring (bicyclic) bond motifs is 1. The molecule has 0 spiro atoms. The van der Waals surface area contributed by atoms with Gasteiger partial charge in [-0.1, -0.05) is 24.3 Å². The van der Waals surface area contributed by atoms with Gasteiger partial charge >= 0.3 is 5.97 Å². The van der Waals surface area contributed by atoms with Gasteiger partial charge in [0, 0.05) is 23.6 Å². The highest BCUT2D eigenvalue weighted by Gasteiger charge is 2.11. The van der Waals surface area contributed by atoms with Gasteiger partial charge < -0.3 is 19.8 Å². The number of nitrogens with zero attached hydrogens (tertiary/aromatic N) is 1. The third kappa shape index (κ3) is 5.74. The quantitative estimate of drug-likeness (QED) is 0.289. The minimum absolute atomic E-state index is 0.00550. The van der Waals surface area contributed by atoms with Crippen molar-refractivity contribution in [2.24, 2.45) is 0 Å². The summed E-state index contributed by atoms with van der Waals surface area (Å²) in [5, 5.41) is 13.3. The normalized spacial score (nSPS) is 11.1. The molecule has 0 atom stereocenters. The van der Waals surface area contributed by atoms with E-state index in [0.29, 0.717) is 28.8 Å². The Kier molecular flexibility index (Phi) is 7.46. The number of rotatable bonds is 8. The van der Waals surface area contributed by atoms with E-state index in [-0.39, 0.29) is 12.2 Å². The van der Waals surface area contributed by atoms with Crippen molar-refractivity contribution in [3.05, 3.63) is 69.8 Å². The minimum atomic E-state index is -0.494. The van der Waals surface area contributed by atoms with E-state index in [1.807, 2.05) is 36.5 Å². The lowest BCUT2D eigenvalue weighted by Crippen LogP contribution is -2.26. The van der Waals surface area contributed by atoms with Crippen molar-refractivity contribution in [2.75, 3.05) is 20.3 Å². The fraction of sp³-hybridized carbons (Fsp3) is 0.174. The first-order valence-electron chi connectivity index (χ1n) is 9.46. The Labute approximate surface area is 187 Å². The predicted molar refractivity (Wildman–Crippen MR) is 120 cm³/mol. The average molecular weight is 482 g/mol. The van der Waals surface area contributed by atoms with Crippen molar-refractivity contribution in [1.82, 2.24) is 10.3 Å². The molecule has 1 aromatic heterocycles. The summed E-state index contributed by atoms with van der Waals surface area (Å²) in [4.78, 5) is 26.8. The van der Waals surface area contributed by atoms with Crippen LogP contribution < -0.4 is 10.1 Å². The Hall–Kier alpha value is -3.57. The second-order valence-electron chi connectivity index (χ2n) is 6.59. The molecule has 2 N–H and O–H groups in total. The number of nitriles is 1. The maximum Gasteiger partial charge on any atom is 0.343 e. The van der Waals surface area contributed by atoms with Crippen molar-refractivity contribution < 1.29 is 19.1 Å². The number of methoxy groups -OCH3 is 1. The molecule has 0 bridgehead atoms.